The lowest BCUT2D eigenvalue weighted by atomic mass is 10.4. The number of hydrazine groups is 1. The van der Waals surface area contributed by atoms with E-state index in [9.17, 15) is 0 Å². The molecule has 0 bridgehead atoms. The van der Waals surface area contributed by atoms with Crippen LogP contribution in [0.1, 0.15) is 5.82 Å². The monoisotopic (exact) mass is 254 g/mol. The van der Waals surface area contributed by atoms with E-state index in [-0.39, 0.29) is 6.61 Å². The minimum absolute atomic E-state index is 0.153. The highest BCUT2D eigenvalue weighted by Gasteiger charge is 2.10. The number of hydrogen-bond acceptors (Lipinski definition) is 7. The van der Waals surface area contributed by atoms with Gasteiger partial charge in [-0.25, -0.2) is 15.8 Å². The summed E-state index contributed by atoms with van der Waals surface area (Å²) in [5, 5.41) is 13.6. The molecule has 0 aliphatic heterocycles. The van der Waals surface area contributed by atoms with Gasteiger partial charge in [0.25, 0.3) is 0 Å². The summed E-state index contributed by atoms with van der Waals surface area (Å²) in [6, 6.07) is 0. The minimum atomic E-state index is 0.153. The zero-order valence-electron chi connectivity index (χ0n) is 9.42. The summed E-state index contributed by atoms with van der Waals surface area (Å²) in [7, 11) is 1.82. The van der Waals surface area contributed by atoms with E-state index < -0.39 is 0 Å². The van der Waals surface area contributed by atoms with E-state index in [1.807, 2.05) is 7.05 Å². The lowest BCUT2D eigenvalue weighted by Crippen LogP contribution is -2.11. The zero-order valence-corrected chi connectivity index (χ0v) is 10.2. The number of nitrogens with zero attached hydrogens (tertiary/aromatic N) is 4. The van der Waals surface area contributed by atoms with E-state index in [1.54, 1.807) is 22.6 Å². The van der Waals surface area contributed by atoms with Gasteiger partial charge in [-0.15, -0.1) is 0 Å². The highest BCUT2D eigenvalue weighted by molar-refractivity contribution is 7.98. The molecule has 4 N–H and O–H groups in total. The largest absolute Gasteiger partial charge is 0.396 e. The number of rotatable bonds is 5. The number of aromatic nitrogens is 4. The number of aliphatic hydroxyl groups is 1. The predicted molar refractivity (Wildman–Crippen MR) is 67.4 cm³/mol. The second-order valence-electron chi connectivity index (χ2n) is 3.41. The number of nitrogens with two attached hydrogens (primary N) is 1. The van der Waals surface area contributed by atoms with E-state index in [0.29, 0.717) is 23.1 Å². The van der Waals surface area contributed by atoms with Crippen molar-refractivity contribution < 1.29 is 5.11 Å². The third kappa shape index (κ3) is 2.48. The van der Waals surface area contributed by atoms with Crippen molar-refractivity contribution in [3.63, 3.8) is 0 Å². The molecule has 17 heavy (non-hydrogen) atoms. The maximum absolute atomic E-state index is 8.72. The third-order valence-electron chi connectivity index (χ3n) is 2.24. The van der Waals surface area contributed by atoms with Gasteiger partial charge in [0, 0.05) is 12.8 Å². The van der Waals surface area contributed by atoms with Crippen molar-refractivity contribution in [3.8, 4) is 0 Å². The number of anilines is 1. The molecule has 0 unspecified atom stereocenters. The average Bonchev–Trinajstić information content (AvgIpc) is 2.71. The van der Waals surface area contributed by atoms with Gasteiger partial charge < -0.3 is 10.5 Å². The third-order valence-corrected chi connectivity index (χ3v) is 3.18. The van der Waals surface area contributed by atoms with Gasteiger partial charge in [-0.2, -0.15) is 16.9 Å². The molecule has 0 fully saturated rings. The first kappa shape index (κ1) is 12.1. The predicted octanol–water partition coefficient (Wildman–Crippen LogP) is -0.126. The lowest BCUT2D eigenvalue weighted by Gasteiger charge is -2.05. The molecular formula is C9H14N6OS. The van der Waals surface area contributed by atoms with Crippen molar-refractivity contribution in [2.75, 3.05) is 17.8 Å². The Morgan fingerprint density at radius 1 is 1.53 bits per heavy atom. The van der Waals surface area contributed by atoms with Gasteiger partial charge in [-0.05, 0) is 0 Å². The first-order valence-corrected chi connectivity index (χ1v) is 6.25. The summed E-state index contributed by atoms with van der Waals surface area (Å²) in [6.45, 7) is 0.153. The first-order valence-electron chi connectivity index (χ1n) is 5.10. The Morgan fingerprint density at radius 3 is 3.06 bits per heavy atom. The Morgan fingerprint density at radius 2 is 2.35 bits per heavy atom. The highest BCUT2D eigenvalue weighted by Crippen LogP contribution is 2.20. The summed E-state index contributed by atoms with van der Waals surface area (Å²) in [6.07, 6.45) is 1.68. The Kier molecular flexibility index (Phi) is 3.77. The SMILES string of the molecule is Cn1ncc2c(NN)nc(CSCCO)nc21. The van der Waals surface area contributed by atoms with Crippen LogP contribution in [-0.2, 0) is 12.8 Å². The molecule has 2 rings (SSSR count). The highest BCUT2D eigenvalue weighted by atomic mass is 32.2. The zero-order chi connectivity index (χ0) is 12.3. The van der Waals surface area contributed by atoms with Gasteiger partial charge in [0.1, 0.15) is 5.82 Å². The maximum atomic E-state index is 8.72. The van der Waals surface area contributed by atoms with Gasteiger partial charge in [0.2, 0.25) is 0 Å². The van der Waals surface area contributed by atoms with E-state index in [0.717, 1.165) is 11.0 Å². The van der Waals surface area contributed by atoms with E-state index >= 15 is 0 Å². The summed E-state index contributed by atoms with van der Waals surface area (Å²) >= 11 is 1.57. The van der Waals surface area contributed by atoms with Crippen molar-refractivity contribution in [1.82, 2.24) is 19.7 Å². The van der Waals surface area contributed by atoms with Gasteiger partial charge in [0.15, 0.2) is 11.5 Å². The number of fused-ring (bicyclic) bond motifs is 1. The minimum Gasteiger partial charge on any atom is -0.396 e. The molecular weight excluding hydrogens is 240 g/mol. The van der Waals surface area contributed by atoms with Crippen LogP contribution in [0.2, 0.25) is 0 Å². The van der Waals surface area contributed by atoms with E-state index in [2.05, 4.69) is 20.5 Å². The number of nitrogens with one attached hydrogen (secondary N) is 1. The Bertz CT molecular complexity index is 513. The molecule has 0 amide bonds. The van der Waals surface area contributed by atoms with Crippen LogP contribution in [0.25, 0.3) is 11.0 Å². The topological polar surface area (TPSA) is 102 Å². The number of nitrogen functional groups attached to an aromatic ring is 1. The average molecular weight is 254 g/mol. The van der Waals surface area contributed by atoms with Crippen LogP contribution < -0.4 is 11.3 Å². The molecule has 0 aromatic carbocycles. The smallest absolute Gasteiger partial charge is 0.163 e. The van der Waals surface area contributed by atoms with Crippen molar-refractivity contribution in [2.45, 2.75) is 5.75 Å². The quantitative estimate of drug-likeness (QED) is 0.388. The molecule has 2 aromatic rings. The van der Waals surface area contributed by atoms with Crippen LogP contribution in [0.5, 0.6) is 0 Å². The number of hydrogen-bond donors (Lipinski definition) is 3. The molecule has 0 saturated heterocycles. The molecule has 2 aromatic heterocycles. The van der Waals surface area contributed by atoms with Gasteiger partial charge >= 0.3 is 0 Å². The van der Waals surface area contributed by atoms with Crippen LogP contribution in [0.15, 0.2) is 6.20 Å². The molecule has 0 saturated carbocycles. The standard InChI is InChI=1S/C9H14N6OS/c1-15-9-6(4-11-15)8(14-10)12-7(13-9)5-17-3-2-16/h4,16H,2-3,5,10H2,1H3,(H,12,13,14). The summed E-state index contributed by atoms with van der Waals surface area (Å²) in [4.78, 5) is 8.71. The second kappa shape index (κ2) is 5.30. The lowest BCUT2D eigenvalue weighted by molar-refractivity contribution is 0.322. The number of aliphatic hydroxyl groups excluding tert-OH is 1. The molecule has 0 atom stereocenters. The summed E-state index contributed by atoms with van der Waals surface area (Å²) in [5.74, 6) is 7.97. The van der Waals surface area contributed by atoms with E-state index in [4.69, 9.17) is 10.9 Å². The van der Waals surface area contributed by atoms with Crippen molar-refractivity contribution in [3.05, 3.63) is 12.0 Å². The Hall–Kier alpha value is -1.38. The second-order valence-corrected chi connectivity index (χ2v) is 4.52. The van der Waals surface area contributed by atoms with Crippen LogP contribution in [0.3, 0.4) is 0 Å². The first-order chi connectivity index (χ1) is 8.26. The molecule has 0 aliphatic rings. The molecule has 8 heteroatoms. The summed E-state index contributed by atoms with van der Waals surface area (Å²) < 4.78 is 1.68. The van der Waals surface area contributed by atoms with Crippen LogP contribution in [-0.4, -0.2) is 37.2 Å². The fourth-order valence-corrected chi connectivity index (χ4v) is 2.05. The molecule has 2 heterocycles. The van der Waals surface area contributed by atoms with Gasteiger partial charge in [-0.1, -0.05) is 0 Å². The Labute approximate surface area is 102 Å². The van der Waals surface area contributed by atoms with Crippen LogP contribution in [0, 0.1) is 0 Å². The van der Waals surface area contributed by atoms with Crippen molar-refractivity contribution in [2.24, 2.45) is 12.9 Å². The van der Waals surface area contributed by atoms with Crippen molar-refractivity contribution >= 4 is 28.6 Å². The summed E-state index contributed by atoms with van der Waals surface area (Å²) in [5.41, 5.74) is 3.29. The molecule has 0 aliphatic carbocycles. The van der Waals surface area contributed by atoms with Gasteiger partial charge in [-0.3, -0.25) is 4.68 Å². The molecule has 0 radical (unpaired) electrons. The molecule has 0 spiro atoms. The fourth-order valence-electron chi connectivity index (χ4n) is 1.47. The van der Waals surface area contributed by atoms with Crippen LogP contribution >= 0.6 is 11.8 Å². The van der Waals surface area contributed by atoms with E-state index in [1.165, 1.54) is 0 Å². The maximum Gasteiger partial charge on any atom is 0.163 e. The molecule has 92 valence electrons. The normalized spacial score (nSPS) is 11.0. The Balaban J connectivity index is 2.33. The van der Waals surface area contributed by atoms with Crippen LogP contribution in [0.4, 0.5) is 5.82 Å². The number of thioether (sulfide) groups is 1. The van der Waals surface area contributed by atoms with Crippen molar-refractivity contribution in [1.29, 1.82) is 0 Å². The number of aryl methyl sites for hydroxylation is 1. The fraction of sp³-hybridized carbons (Fsp3) is 0.444. The molecule has 7 nitrogen and oxygen atoms in total. The van der Waals surface area contributed by atoms with Gasteiger partial charge in [0.05, 0.1) is 23.9 Å².